The number of guanidine groups is 1. The zero-order chi connectivity index (χ0) is 20.8. The molecule has 6 heteroatoms. The van der Waals surface area contributed by atoms with E-state index in [1.165, 1.54) is 42.6 Å². The number of imidazole rings is 1. The van der Waals surface area contributed by atoms with Crippen molar-refractivity contribution < 1.29 is 0 Å². The summed E-state index contributed by atoms with van der Waals surface area (Å²) >= 11 is 0. The zero-order valence-corrected chi connectivity index (χ0v) is 18.1. The van der Waals surface area contributed by atoms with Crippen LogP contribution in [0.5, 0.6) is 0 Å². The summed E-state index contributed by atoms with van der Waals surface area (Å²) < 4.78 is 2.09. The van der Waals surface area contributed by atoms with Crippen LogP contribution in [0.25, 0.3) is 5.65 Å². The summed E-state index contributed by atoms with van der Waals surface area (Å²) in [5, 5.41) is 6.79. The molecule has 1 fully saturated rings. The number of aryl methyl sites for hydroxylation is 1. The fourth-order valence-electron chi connectivity index (χ4n) is 4.00. The Hall–Kier alpha value is -2.86. The van der Waals surface area contributed by atoms with Gasteiger partial charge in [0.2, 0.25) is 0 Å². The molecule has 1 aliphatic rings. The molecule has 1 aromatic carbocycles. The molecule has 0 bridgehead atoms. The van der Waals surface area contributed by atoms with Gasteiger partial charge in [0.1, 0.15) is 5.65 Å². The molecule has 0 radical (unpaired) electrons. The van der Waals surface area contributed by atoms with Crippen molar-refractivity contribution in [2.45, 2.75) is 39.3 Å². The maximum Gasteiger partial charge on any atom is 0.191 e. The summed E-state index contributed by atoms with van der Waals surface area (Å²) in [6.45, 7) is 7.18. The van der Waals surface area contributed by atoms with Crippen molar-refractivity contribution in [2.24, 2.45) is 4.99 Å². The SMILES string of the molecule is CN=C(NCCc1cn2cccc(C)c2n1)NCc1ccc(CN2CCCC2)cc1. The highest BCUT2D eigenvalue weighted by molar-refractivity contribution is 5.79. The fraction of sp³-hybridized carbons (Fsp3) is 0.417. The Morgan fingerprint density at radius 3 is 2.57 bits per heavy atom. The molecule has 3 aromatic rings. The Morgan fingerprint density at radius 1 is 1.07 bits per heavy atom. The van der Waals surface area contributed by atoms with Crippen molar-refractivity contribution in [3.8, 4) is 0 Å². The van der Waals surface area contributed by atoms with Crippen LogP contribution in [0.3, 0.4) is 0 Å². The van der Waals surface area contributed by atoms with Crippen LogP contribution in [0.1, 0.15) is 35.2 Å². The van der Waals surface area contributed by atoms with E-state index in [4.69, 9.17) is 4.98 Å². The van der Waals surface area contributed by atoms with E-state index in [9.17, 15) is 0 Å². The average molecular weight is 405 g/mol. The Balaban J connectivity index is 1.23. The molecule has 0 atom stereocenters. The second-order valence-corrected chi connectivity index (χ2v) is 8.06. The van der Waals surface area contributed by atoms with Crippen molar-refractivity contribution in [3.63, 3.8) is 0 Å². The minimum atomic E-state index is 0.761. The third kappa shape index (κ3) is 5.19. The summed E-state index contributed by atoms with van der Waals surface area (Å²) in [5.74, 6) is 0.816. The van der Waals surface area contributed by atoms with Crippen LogP contribution in [0, 0.1) is 6.92 Å². The van der Waals surface area contributed by atoms with Gasteiger partial charge in [0, 0.05) is 45.5 Å². The summed E-state index contributed by atoms with van der Waals surface area (Å²) in [5.41, 5.74) is 5.97. The molecule has 0 unspecified atom stereocenters. The van der Waals surface area contributed by atoms with Crippen molar-refractivity contribution in [1.29, 1.82) is 0 Å². The molecule has 4 rings (SSSR count). The topological polar surface area (TPSA) is 57.0 Å². The normalized spacial score (nSPS) is 15.1. The van der Waals surface area contributed by atoms with Gasteiger partial charge in [-0.3, -0.25) is 9.89 Å². The van der Waals surface area contributed by atoms with Gasteiger partial charge in [-0.2, -0.15) is 0 Å². The van der Waals surface area contributed by atoms with Crippen LogP contribution in [-0.4, -0.2) is 46.9 Å². The minimum Gasteiger partial charge on any atom is -0.356 e. The van der Waals surface area contributed by atoms with E-state index >= 15 is 0 Å². The van der Waals surface area contributed by atoms with Crippen molar-refractivity contribution in [2.75, 3.05) is 26.7 Å². The number of aromatic nitrogens is 2. The van der Waals surface area contributed by atoms with Crippen LogP contribution in [-0.2, 0) is 19.5 Å². The molecule has 2 N–H and O–H groups in total. The van der Waals surface area contributed by atoms with E-state index in [1.807, 2.05) is 13.2 Å². The molecule has 3 heterocycles. The number of likely N-dealkylation sites (tertiary alicyclic amines) is 1. The van der Waals surface area contributed by atoms with Gasteiger partial charge < -0.3 is 15.0 Å². The molecule has 0 saturated carbocycles. The van der Waals surface area contributed by atoms with E-state index < -0.39 is 0 Å². The number of aliphatic imine (C=N–C) groups is 1. The molecule has 0 aliphatic carbocycles. The lowest BCUT2D eigenvalue weighted by Crippen LogP contribution is -2.37. The number of pyridine rings is 1. The van der Waals surface area contributed by atoms with Crippen molar-refractivity contribution in [1.82, 2.24) is 24.9 Å². The van der Waals surface area contributed by atoms with Gasteiger partial charge in [-0.05, 0) is 55.6 Å². The van der Waals surface area contributed by atoms with Crippen LogP contribution in [0.15, 0.2) is 53.8 Å². The van der Waals surface area contributed by atoms with Crippen molar-refractivity contribution >= 4 is 11.6 Å². The lowest BCUT2D eigenvalue weighted by atomic mass is 10.1. The number of benzene rings is 1. The lowest BCUT2D eigenvalue weighted by Gasteiger charge is -2.15. The molecule has 2 aromatic heterocycles. The lowest BCUT2D eigenvalue weighted by molar-refractivity contribution is 0.331. The number of hydrogen-bond donors (Lipinski definition) is 2. The molecule has 1 aliphatic heterocycles. The van der Waals surface area contributed by atoms with Crippen LogP contribution < -0.4 is 10.6 Å². The average Bonchev–Trinajstić information content (AvgIpc) is 3.42. The molecule has 6 nitrogen and oxygen atoms in total. The molecule has 0 amide bonds. The molecule has 158 valence electrons. The highest BCUT2D eigenvalue weighted by Crippen LogP contribution is 2.13. The molecular formula is C24H32N6. The van der Waals surface area contributed by atoms with E-state index in [-0.39, 0.29) is 0 Å². The maximum absolute atomic E-state index is 4.73. The Kier molecular flexibility index (Phi) is 6.64. The summed E-state index contributed by atoms with van der Waals surface area (Å²) in [7, 11) is 1.81. The Labute approximate surface area is 179 Å². The molecule has 1 saturated heterocycles. The molecule has 30 heavy (non-hydrogen) atoms. The number of nitrogens with zero attached hydrogens (tertiary/aromatic N) is 4. The first-order valence-corrected chi connectivity index (χ1v) is 10.9. The minimum absolute atomic E-state index is 0.761. The van der Waals surface area contributed by atoms with Crippen LogP contribution in [0.2, 0.25) is 0 Å². The fourth-order valence-corrected chi connectivity index (χ4v) is 4.00. The number of rotatable bonds is 7. The van der Waals surface area contributed by atoms with Crippen molar-refractivity contribution in [3.05, 3.63) is 71.2 Å². The van der Waals surface area contributed by atoms with Gasteiger partial charge in [-0.15, -0.1) is 0 Å². The van der Waals surface area contributed by atoms with Gasteiger partial charge in [-0.1, -0.05) is 30.3 Å². The highest BCUT2D eigenvalue weighted by Gasteiger charge is 2.11. The van der Waals surface area contributed by atoms with Gasteiger partial charge in [0.15, 0.2) is 5.96 Å². The third-order valence-electron chi connectivity index (χ3n) is 5.71. The van der Waals surface area contributed by atoms with E-state index in [0.29, 0.717) is 0 Å². The van der Waals surface area contributed by atoms with Gasteiger partial charge >= 0.3 is 0 Å². The predicted molar refractivity (Wildman–Crippen MR) is 123 cm³/mol. The summed E-state index contributed by atoms with van der Waals surface area (Å²) in [4.78, 5) is 11.6. The van der Waals surface area contributed by atoms with Gasteiger partial charge in [-0.25, -0.2) is 4.98 Å². The first kappa shape index (κ1) is 20.4. The summed E-state index contributed by atoms with van der Waals surface area (Å²) in [6, 6.07) is 13.1. The number of hydrogen-bond acceptors (Lipinski definition) is 3. The van der Waals surface area contributed by atoms with Gasteiger partial charge in [0.05, 0.1) is 5.69 Å². The predicted octanol–water partition coefficient (Wildman–Crippen LogP) is 3.15. The van der Waals surface area contributed by atoms with E-state index in [1.54, 1.807) is 0 Å². The largest absolute Gasteiger partial charge is 0.356 e. The van der Waals surface area contributed by atoms with E-state index in [0.717, 1.165) is 43.4 Å². The first-order valence-electron chi connectivity index (χ1n) is 10.9. The smallest absolute Gasteiger partial charge is 0.191 e. The molecule has 0 spiro atoms. The Morgan fingerprint density at radius 2 is 1.83 bits per heavy atom. The second kappa shape index (κ2) is 9.76. The van der Waals surface area contributed by atoms with Gasteiger partial charge in [0.25, 0.3) is 0 Å². The van der Waals surface area contributed by atoms with Crippen LogP contribution >= 0.6 is 0 Å². The Bertz CT molecular complexity index is 983. The second-order valence-electron chi connectivity index (χ2n) is 8.06. The monoisotopic (exact) mass is 404 g/mol. The summed E-state index contributed by atoms with van der Waals surface area (Å²) in [6.07, 6.45) is 7.68. The standard InChI is InChI=1S/C24H32N6/c1-19-6-5-15-30-18-22(28-23(19)30)11-12-26-24(25-2)27-16-20-7-9-21(10-8-20)17-29-13-3-4-14-29/h5-10,15,18H,3-4,11-14,16-17H2,1-2H3,(H2,25,26,27). The number of nitrogens with one attached hydrogen (secondary N) is 2. The van der Waals surface area contributed by atoms with Crippen LogP contribution in [0.4, 0.5) is 0 Å². The number of fused-ring (bicyclic) bond motifs is 1. The quantitative estimate of drug-likeness (QED) is 0.469. The highest BCUT2D eigenvalue weighted by atomic mass is 15.2. The van der Waals surface area contributed by atoms with E-state index in [2.05, 4.69) is 74.4 Å². The first-order chi connectivity index (χ1) is 14.7. The molecular weight excluding hydrogens is 372 g/mol. The zero-order valence-electron chi connectivity index (χ0n) is 18.1. The third-order valence-corrected chi connectivity index (χ3v) is 5.71. The maximum atomic E-state index is 4.73.